The summed E-state index contributed by atoms with van der Waals surface area (Å²) in [6, 6.07) is 7.87. The van der Waals surface area contributed by atoms with Crippen molar-refractivity contribution in [1.29, 1.82) is 0 Å². The molecule has 0 saturated carbocycles. The van der Waals surface area contributed by atoms with E-state index in [0.29, 0.717) is 22.6 Å². The molecule has 3 aromatic heterocycles. The topological polar surface area (TPSA) is 139 Å². The number of anilines is 1. The third-order valence-electron chi connectivity index (χ3n) is 6.32. The zero-order valence-corrected chi connectivity index (χ0v) is 22.1. The summed E-state index contributed by atoms with van der Waals surface area (Å²) < 4.78 is 25.9. The highest BCUT2D eigenvalue weighted by Crippen LogP contribution is 2.37. The van der Waals surface area contributed by atoms with Crippen LogP contribution < -0.4 is 4.90 Å². The monoisotopic (exact) mass is 536 g/mol. The Balaban J connectivity index is 1.65. The molecule has 0 bridgehead atoms. The van der Waals surface area contributed by atoms with Gasteiger partial charge in [0.1, 0.15) is 23.9 Å². The van der Waals surface area contributed by atoms with Crippen LogP contribution in [-0.4, -0.2) is 80.8 Å². The van der Waals surface area contributed by atoms with Crippen molar-refractivity contribution in [3.8, 4) is 11.3 Å². The number of aromatic nitrogens is 5. The number of ether oxygens (including phenoxy) is 4. The normalized spacial score (nSPS) is 20.7. The first-order chi connectivity index (χ1) is 18.6. The maximum absolute atomic E-state index is 12.1. The van der Waals surface area contributed by atoms with E-state index in [1.165, 1.54) is 20.8 Å². The summed E-state index contributed by atoms with van der Waals surface area (Å²) in [6.07, 6.45) is 0.928. The number of carbonyl (C=O) groups is 3. The molecule has 1 aliphatic heterocycles. The Morgan fingerprint density at radius 2 is 1.67 bits per heavy atom. The lowest BCUT2D eigenvalue weighted by Crippen LogP contribution is -2.40. The summed E-state index contributed by atoms with van der Waals surface area (Å²) >= 11 is 0. The predicted octanol–water partition coefficient (Wildman–Crippen LogP) is 2.14. The highest BCUT2D eigenvalue weighted by molar-refractivity contribution is 5.89. The molecule has 1 aromatic carbocycles. The number of fused-ring (bicyclic) bond motifs is 3. The molecule has 1 saturated heterocycles. The molecule has 13 heteroatoms. The smallest absolute Gasteiger partial charge is 0.303 e. The van der Waals surface area contributed by atoms with Gasteiger partial charge in [-0.15, -0.1) is 0 Å². The van der Waals surface area contributed by atoms with Crippen LogP contribution in [-0.2, 0) is 33.3 Å². The van der Waals surface area contributed by atoms with Crippen molar-refractivity contribution in [3.63, 3.8) is 0 Å². The first kappa shape index (κ1) is 26.1. The summed E-state index contributed by atoms with van der Waals surface area (Å²) in [5, 5.41) is 0. The fraction of sp³-hybridized carbons (Fsp3) is 0.385. The fourth-order valence-corrected chi connectivity index (χ4v) is 4.68. The van der Waals surface area contributed by atoms with Gasteiger partial charge in [0.15, 0.2) is 24.1 Å². The fourth-order valence-electron chi connectivity index (χ4n) is 4.68. The van der Waals surface area contributed by atoms with E-state index >= 15 is 0 Å². The van der Waals surface area contributed by atoms with Crippen LogP contribution in [0.4, 0.5) is 5.69 Å². The van der Waals surface area contributed by atoms with Gasteiger partial charge in [-0.05, 0) is 12.1 Å². The molecule has 1 fully saturated rings. The SMILES string of the molecule is CC(=O)OCC1OC(n2cnc3c(-c4ccc(N(C)C)cc4)nc4nccn4c32)C(OC(C)=O)C1OC(C)=O. The minimum atomic E-state index is -1.06. The molecule has 4 heterocycles. The number of rotatable bonds is 7. The van der Waals surface area contributed by atoms with Crippen LogP contribution in [0.3, 0.4) is 0 Å². The molecule has 4 unspecified atom stereocenters. The maximum atomic E-state index is 12.1. The second-order valence-electron chi connectivity index (χ2n) is 9.34. The molecular formula is C26H28N6O7. The van der Waals surface area contributed by atoms with E-state index < -0.39 is 42.4 Å². The van der Waals surface area contributed by atoms with Gasteiger partial charge in [-0.2, -0.15) is 0 Å². The second-order valence-corrected chi connectivity index (χ2v) is 9.34. The third kappa shape index (κ3) is 5.00. The number of hydrogen-bond acceptors (Lipinski definition) is 11. The van der Waals surface area contributed by atoms with E-state index in [9.17, 15) is 14.4 Å². The number of hydrogen-bond donors (Lipinski definition) is 0. The van der Waals surface area contributed by atoms with Crippen LogP contribution in [0.1, 0.15) is 27.0 Å². The standard InChI is InChI=1S/C26H28N6O7/c1-14(33)36-12-19-22(37-15(2)34)23(38-16(3)35)25(39-19)32-13-28-21-20(17-6-8-18(9-7-17)30(4)5)29-26-27-10-11-31(26)24(21)32/h6-11,13,19,22-23,25H,12H2,1-5H3. The predicted molar refractivity (Wildman–Crippen MR) is 138 cm³/mol. The number of imidazole rings is 2. The highest BCUT2D eigenvalue weighted by Gasteiger charge is 2.51. The van der Waals surface area contributed by atoms with Crippen molar-refractivity contribution in [2.75, 3.05) is 25.6 Å². The van der Waals surface area contributed by atoms with Crippen LogP contribution in [0.5, 0.6) is 0 Å². The number of benzene rings is 1. The number of carbonyl (C=O) groups excluding carboxylic acids is 3. The summed E-state index contributed by atoms with van der Waals surface area (Å²) in [6.45, 7) is 3.54. The van der Waals surface area contributed by atoms with Crippen molar-refractivity contribution in [3.05, 3.63) is 43.0 Å². The molecule has 0 amide bonds. The third-order valence-corrected chi connectivity index (χ3v) is 6.32. The Bertz CT molecular complexity index is 1540. The minimum Gasteiger partial charge on any atom is -0.463 e. The Kier molecular flexibility index (Phi) is 6.91. The Labute approximate surface area is 223 Å². The van der Waals surface area contributed by atoms with Gasteiger partial charge in [-0.25, -0.2) is 15.0 Å². The molecule has 5 rings (SSSR count). The lowest BCUT2D eigenvalue weighted by molar-refractivity contribution is -0.166. The van der Waals surface area contributed by atoms with Crippen molar-refractivity contribution in [2.45, 2.75) is 45.3 Å². The molecule has 204 valence electrons. The van der Waals surface area contributed by atoms with Gasteiger partial charge in [-0.1, -0.05) is 12.1 Å². The van der Waals surface area contributed by atoms with E-state index in [2.05, 4.69) is 9.97 Å². The summed E-state index contributed by atoms with van der Waals surface area (Å²) in [7, 11) is 3.92. The molecule has 0 radical (unpaired) electrons. The Hall–Kier alpha value is -4.52. The van der Waals surface area contributed by atoms with Crippen molar-refractivity contribution >= 4 is 40.5 Å². The van der Waals surface area contributed by atoms with E-state index in [1.807, 2.05) is 43.3 Å². The van der Waals surface area contributed by atoms with Gasteiger partial charge in [0.2, 0.25) is 5.78 Å². The van der Waals surface area contributed by atoms with E-state index in [1.54, 1.807) is 27.7 Å². The highest BCUT2D eigenvalue weighted by atomic mass is 16.7. The number of esters is 3. The lowest BCUT2D eigenvalue weighted by Gasteiger charge is -2.24. The average molecular weight is 537 g/mol. The van der Waals surface area contributed by atoms with Crippen LogP contribution in [0, 0.1) is 0 Å². The second kappa shape index (κ2) is 10.3. The molecule has 4 aromatic rings. The van der Waals surface area contributed by atoms with E-state index in [-0.39, 0.29) is 6.61 Å². The number of nitrogens with zero attached hydrogens (tertiary/aromatic N) is 6. The Morgan fingerprint density at radius 1 is 0.974 bits per heavy atom. The minimum absolute atomic E-state index is 0.209. The van der Waals surface area contributed by atoms with Gasteiger partial charge < -0.3 is 23.8 Å². The summed E-state index contributed by atoms with van der Waals surface area (Å²) in [5.74, 6) is -1.31. The molecule has 1 aliphatic rings. The van der Waals surface area contributed by atoms with Gasteiger partial charge in [-0.3, -0.25) is 23.4 Å². The molecule has 0 N–H and O–H groups in total. The van der Waals surface area contributed by atoms with Gasteiger partial charge in [0, 0.05) is 58.5 Å². The zero-order chi connectivity index (χ0) is 27.8. The molecule has 39 heavy (non-hydrogen) atoms. The average Bonchev–Trinajstić information content (AvgIpc) is 3.59. The van der Waals surface area contributed by atoms with Crippen LogP contribution in [0.25, 0.3) is 28.2 Å². The lowest BCUT2D eigenvalue weighted by atomic mass is 10.1. The van der Waals surface area contributed by atoms with Gasteiger partial charge in [0.25, 0.3) is 0 Å². The van der Waals surface area contributed by atoms with Crippen molar-refractivity contribution in [2.24, 2.45) is 0 Å². The molecular weight excluding hydrogens is 508 g/mol. The first-order valence-corrected chi connectivity index (χ1v) is 12.2. The quantitative estimate of drug-likeness (QED) is 0.253. The van der Waals surface area contributed by atoms with E-state index in [0.717, 1.165) is 11.3 Å². The van der Waals surface area contributed by atoms with Gasteiger partial charge >= 0.3 is 17.9 Å². The molecule has 4 atom stereocenters. The van der Waals surface area contributed by atoms with Crippen molar-refractivity contribution < 1.29 is 33.3 Å². The van der Waals surface area contributed by atoms with Crippen LogP contribution >= 0.6 is 0 Å². The largest absolute Gasteiger partial charge is 0.463 e. The van der Waals surface area contributed by atoms with Crippen LogP contribution in [0.2, 0.25) is 0 Å². The summed E-state index contributed by atoms with van der Waals surface area (Å²) in [4.78, 5) is 51.4. The summed E-state index contributed by atoms with van der Waals surface area (Å²) in [5.41, 5.74) is 3.58. The zero-order valence-electron chi connectivity index (χ0n) is 22.1. The molecule has 0 aliphatic carbocycles. The van der Waals surface area contributed by atoms with Gasteiger partial charge in [0.05, 0.1) is 6.33 Å². The maximum Gasteiger partial charge on any atom is 0.303 e. The Morgan fingerprint density at radius 3 is 2.31 bits per heavy atom. The molecule has 13 nitrogen and oxygen atoms in total. The van der Waals surface area contributed by atoms with Crippen LogP contribution in [0.15, 0.2) is 43.0 Å². The van der Waals surface area contributed by atoms with E-state index in [4.69, 9.17) is 23.9 Å². The first-order valence-electron chi connectivity index (χ1n) is 12.2. The molecule has 0 spiro atoms. The van der Waals surface area contributed by atoms with Crippen molar-refractivity contribution in [1.82, 2.24) is 23.9 Å².